The van der Waals surface area contributed by atoms with Crippen LogP contribution in [0, 0.1) is 11.8 Å². The summed E-state index contributed by atoms with van der Waals surface area (Å²) in [4.78, 5) is 14.3. The Kier molecular flexibility index (Phi) is 5.30. The topological polar surface area (TPSA) is 32.3 Å². The first-order valence-corrected chi connectivity index (χ1v) is 7.67. The highest BCUT2D eigenvalue weighted by Crippen LogP contribution is 2.29. The summed E-state index contributed by atoms with van der Waals surface area (Å²) in [7, 11) is 0. The van der Waals surface area contributed by atoms with E-state index in [1.54, 1.807) is 18.2 Å². The fraction of sp³-hybridized carbons (Fsp3) is 0.533. The van der Waals surface area contributed by atoms with Gasteiger partial charge in [-0.05, 0) is 30.4 Å². The maximum atomic E-state index is 12.1. The molecule has 1 aliphatic heterocycles. The molecule has 2 rings (SSSR count). The predicted molar refractivity (Wildman–Crippen MR) is 84.5 cm³/mol. The molecule has 1 saturated heterocycles. The van der Waals surface area contributed by atoms with Gasteiger partial charge in [-0.15, -0.1) is 0 Å². The number of para-hydroxylation sites is 1. The minimum atomic E-state index is -0.0682. The van der Waals surface area contributed by atoms with E-state index in [9.17, 15) is 4.79 Å². The van der Waals surface area contributed by atoms with Crippen LogP contribution in [0.25, 0.3) is 0 Å². The van der Waals surface area contributed by atoms with Crippen LogP contribution in [-0.2, 0) is 4.79 Å². The van der Waals surface area contributed by atoms with Gasteiger partial charge in [0.05, 0.1) is 22.3 Å². The van der Waals surface area contributed by atoms with Gasteiger partial charge in [0, 0.05) is 13.1 Å². The van der Waals surface area contributed by atoms with Crippen molar-refractivity contribution in [2.75, 3.05) is 25.0 Å². The molecule has 1 aromatic rings. The molecule has 1 aromatic carbocycles. The lowest BCUT2D eigenvalue weighted by molar-refractivity contribution is -0.117. The number of benzene rings is 1. The minimum Gasteiger partial charge on any atom is -0.322 e. The second kappa shape index (κ2) is 6.79. The number of carbonyl (C=O) groups is 1. The largest absolute Gasteiger partial charge is 0.322 e. The van der Waals surface area contributed by atoms with E-state index < -0.39 is 0 Å². The summed E-state index contributed by atoms with van der Waals surface area (Å²) in [5, 5.41) is 3.74. The summed E-state index contributed by atoms with van der Waals surface area (Å²) in [6, 6.07) is 5.19. The molecule has 2 atom stereocenters. The Morgan fingerprint density at radius 3 is 2.35 bits per heavy atom. The minimum absolute atomic E-state index is 0.0682. The lowest BCUT2D eigenvalue weighted by atomic mass is 9.92. The van der Waals surface area contributed by atoms with Gasteiger partial charge < -0.3 is 5.32 Å². The number of hydrogen-bond acceptors (Lipinski definition) is 2. The van der Waals surface area contributed by atoms with Crippen LogP contribution in [0.3, 0.4) is 0 Å². The molecule has 3 nitrogen and oxygen atoms in total. The molecular formula is C15H20Cl2N2O. The molecule has 0 unspecified atom stereocenters. The average molecular weight is 315 g/mol. The third kappa shape index (κ3) is 4.11. The maximum absolute atomic E-state index is 12.1. The molecule has 0 bridgehead atoms. The summed E-state index contributed by atoms with van der Waals surface area (Å²) in [5.74, 6) is 1.20. The first-order chi connectivity index (χ1) is 9.45. The zero-order valence-corrected chi connectivity index (χ0v) is 13.3. The Bertz CT molecular complexity index is 463. The van der Waals surface area contributed by atoms with Gasteiger partial charge in [-0.25, -0.2) is 0 Å². The first kappa shape index (κ1) is 15.6. The molecular weight excluding hydrogens is 295 g/mol. The van der Waals surface area contributed by atoms with E-state index in [0.717, 1.165) is 13.1 Å². The second-order valence-electron chi connectivity index (χ2n) is 5.78. The van der Waals surface area contributed by atoms with Crippen molar-refractivity contribution in [3.63, 3.8) is 0 Å². The SMILES string of the molecule is C[C@@H]1C[C@H](C)CN(CC(=O)Nc2c(Cl)cccc2Cl)C1. The number of likely N-dealkylation sites (tertiary alicyclic amines) is 1. The number of nitrogens with one attached hydrogen (secondary N) is 1. The Morgan fingerprint density at radius 1 is 1.25 bits per heavy atom. The Hall–Kier alpha value is -0.770. The van der Waals surface area contributed by atoms with Crippen LogP contribution in [0.2, 0.25) is 10.0 Å². The van der Waals surface area contributed by atoms with Crippen molar-refractivity contribution >= 4 is 34.8 Å². The smallest absolute Gasteiger partial charge is 0.238 e. The summed E-state index contributed by atoms with van der Waals surface area (Å²) in [6.45, 7) is 6.77. The van der Waals surface area contributed by atoms with E-state index in [1.807, 2.05) is 0 Å². The predicted octanol–water partition coefficient (Wildman–Crippen LogP) is 3.91. The van der Waals surface area contributed by atoms with Gasteiger partial charge >= 0.3 is 0 Å². The number of carbonyl (C=O) groups excluding carboxylic acids is 1. The van der Waals surface area contributed by atoms with Crippen LogP contribution in [0.5, 0.6) is 0 Å². The molecule has 0 aromatic heterocycles. The second-order valence-corrected chi connectivity index (χ2v) is 6.60. The molecule has 20 heavy (non-hydrogen) atoms. The zero-order chi connectivity index (χ0) is 14.7. The van der Waals surface area contributed by atoms with E-state index in [-0.39, 0.29) is 5.91 Å². The first-order valence-electron chi connectivity index (χ1n) is 6.92. The highest BCUT2D eigenvalue weighted by molar-refractivity contribution is 6.39. The molecule has 1 fully saturated rings. The normalized spacial score (nSPS) is 23.6. The third-order valence-electron chi connectivity index (χ3n) is 3.54. The lowest BCUT2D eigenvalue weighted by Crippen LogP contribution is -2.42. The molecule has 5 heteroatoms. The third-order valence-corrected chi connectivity index (χ3v) is 4.17. The van der Waals surface area contributed by atoms with Crippen LogP contribution in [0.4, 0.5) is 5.69 Å². The molecule has 0 spiro atoms. The molecule has 1 amide bonds. The lowest BCUT2D eigenvalue weighted by Gasteiger charge is -2.34. The number of rotatable bonds is 3. The highest BCUT2D eigenvalue weighted by atomic mass is 35.5. The van der Waals surface area contributed by atoms with Crippen molar-refractivity contribution in [3.8, 4) is 0 Å². The Labute approximate surface area is 130 Å². The Balaban J connectivity index is 1.95. The van der Waals surface area contributed by atoms with Crippen molar-refractivity contribution in [1.82, 2.24) is 4.90 Å². The molecule has 1 heterocycles. The Morgan fingerprint density at radius 2 is 1.80 bits per heavy atom. The van der Waals surface area contributed by atoms with Gasteiger partial charge in [0.1, 0.15) is 0 Å². The van der Waals surface area contributed by atoms with Crippen molar-refractivity contribution in [1.29, 1.82) is 0 Å². The average Bonchev–Trinajstić information content (AvgIpc) is 2.32. The summed E-state index contributed by atoms with van der Waals surface area (Å²) < 4.78 is 0. The van der Waals surface area contributed by atoms with Crippen LogP contribution in [0.15, 0.2) is 18.2 Å². The summed E-state index contributed by atoms with van der Waals surface area (Å²) in [6.07, 6.45) is 1.23. The molecule has 110 valence electrons. The number of amides is 1. The van der Waals surface area contributed by atoms with Crippen molar-refractivity contribution in [3.05, 3.63) is 28.2 Å². The van der Waals surface area contributed by atoms with Gasteiger partial charge in [-0.1, -0.05) is 43.1 Å². The van der Waals surface area contributed by atoms with Crippen LogP contribution >= 0.6 is 23.2 Å². The van der Waals surface area contributed by atoms with E-state index in [2.05, 4.69) is 24.1 Å². The van der Waals surface area contributed by atoms with E-state index in [0.29, 0.717) is 34.1 Å². The molecule has 0 radical (unpaired) electrons. The highest BCUT2D eigenvalue weighted by Gasteiger charge is 2.23. The van der Waals surface area contributed by atoms with Gasteiger partial charge in [-0.2, -0.15) is 0 Å². The quantitative estimate of drug-likeness (QED) is 0.917. The van der Waals surface area contributed by atoms with Crippen LogP contribution < -0.4 is 5.32 Å². The van der Waals surface area contributed by atoms with Gasteiger partial charge in [0.2, 0.25) is 5.91 Å². The monoisotopic (exact) mass is 314 g/mol. The number of hydrogen-bond donors (Lipinski definition) is 1. The standard InChI is InChI=1S/C15H20Cl2N2O/c1-10-6-11(2)8-19(7-10)9-14(20)18-15-12(16)4-3-5-13(15)17/h3-5,10-11H,6-9H2,1-2H3,(H,18,20)/t10-,11+. The van der Waals surface area contributed by atoms with Gasteiger partial charge in [0.25, 0.3) is 0 Å². The fourth-order valence-corrected chi connectivity index (χ4v) is 3.41. The van der Waals surface area contributed by atoms with Crippen molar-refractivity contribution in [2.45, 2.75) is 20.3 Å². The van der Waals surface area contributed by atoms with Crippen molar-refractivity contribution < 1.29 is 4.79 Å². The van der Waals surface area contributed by atoms with Crippen molar-refractivity contribution in [2.24, 2.45) is 11.8 Å². The van der Waals surface area contributed by atoms with E-state index in [1.165, 1.54) is 6.42 Å². The molecule has 1 N–H and O–H groups in total. The van der Waals surface area contributed by atoms with Gasteiger partial charge in [-0.3, -0.25) is 9.69 Å². The molecule has 0 saturated carbocycles. The van der Waals surface area contributed by atoms with E-state index >= 15 is 0 Å². The number of anilines is 1. The molecule has 1 aliphatic rings. The van der Waals surface area contributed by atoms with Gasteiger partial charge in [0.15, 0.2) is 0 Å². The fourth-order valence-electron chi connectivity index (χ4n) is 2.92. The van der Waals surface area contributed by atoms with Crippen LogP contribution in [-0.4, -0.2) is 30.4 Å². The summed E-state index contributed by atoms with van der Waals surface area (Å²) >= 11 is 12.1. The number of nitrogens with zero attached hydrogens (tertiary/aromatic N) is 1. The number of halogens is 2. The van der Waals surface area contributed by atoms with Crippen LogP contribution in [0.1, 0.15) is 20.3 Å². The van der Waals surface area contributed by atoms with E-state index in [4.69, 9.17) is 23.2 Å². The molecule has 0 aliphatic carbocycles. The maximum Gasteiger partial charge on any atom is 0.238 e. The number of piperidine rings is 1. The zero-order valence-electron chi connectivity index (χ0n) is 11.8. The summed E-state index contributed by atoms with van der Waals surface area (Å²) in [5.41, 5.74) is 0.499.